The quantitative estimate of drug-likeness (QED) is 0.686. The molecule has 3 nitrogen and oxygen atoms in total. The largest absolute Gasteiger partial charge is 0.324 e. The van der Waals surface area contributed by atoms with Crippen LogP contribution in [0.4, 0.5) is 0 Å². The van der Waals surface area contributed by atoms with Gasteiger partial charge < -0.3 is 13.9 Å². The Morgan fingerprint density at radius 3 is 2.45 bits per heavy atom. The highest BCUT2D eigenvalue weighted by Crippen LogP contribution is 2.45. The molecule has 0 heterocycles. The van der Waals surface area contributed by atoms with Gasteiger partial charge in [-0.25, -0.2) is 0 Å². The zero-order chi connectivity index (χ0) is 8.91. The predicted octanol–water partition coefficient (Wildman–Crippen LogP) is 2.05. The molecule has 0 aliphatic carbocycles. The molecule has 0 aliphatic heterocycles. The Kier molecular flexibility index (Phi) is 5.48. The smallest absolute Gasteiger partial charge is 0.324 e. The highest BCUT2D eigenvalue weighted by atomic mass is 32.5. The zero-order valence-electron chi connectivity index (χ0n) is 7.11. The van der Waals surface area contributed by atoms with E-state index in [-0.39, 0.29) is 6.10 Å². The second-order valence-corrected chi connectivity index (χ2v) is 5.00. The SMILES string of the molecule is CCOP(O)(=S)OC(C)CC. The minimum Gasteiger partial charge on any atom is -0.324 e. The van der Waals surface area contributed by atoms with Crippen LogP contribution >= 0.6 is 6.72 Å². The summed E-state index contributed by atoms with van der Waals surface area (Å²) in [5.74, 6) is 0. The topological polar surface area (TPSA) is 38.7 Å². The van der Waals surface area contributed by atoms with Gasteiger partial charge in [-0.05, 0) is 32.1 Å². The van der Waals surface area contributed by atoms with Crippen molar-refractivity contribution in [2.75, 3.05) is 6.61 Å². The first-order valence-corrected chi connectivity index (χ1v) is 6.26. The normalized spacial score (nSPS) is 19.3. The Balaban J connectivity index is 3.81. The summed E-state index contributed by atoms with van der Waals surface area (Å²) in [6, 6.07) is 0. The van der Waals surface area contributed by atoms with Crippen molar-refractivity contribution < 1.29 is 13.9 Å². The standard InChI is InChI=1S/C6H15O3PS/c1-4-6(3)9-10(7,11)8-5-2/h6H,4-5H2,1-3H3,(H,7,11). The van der Waals surface area contributed by atoms with E-state index in [1.165, 1.54) is 0 Å². The summed E-state index contributed by atoms with van der Waals surface area (Å²) in [6.07, 6.45) is 0.795. The first-order valence-electron chi connectivity index (χ1n) is 3.67. The van der Waals surface area contributed by atoms with Crippen molar-refractivity contribution in [2.24, 2.45) is 0 Å². The average Bonchev–Trinajstić information content (AvgIpc) is 1.86. The van der Waals surface area contributed by atoms with Gasteiger partial charge in [0.1, 0.15) is 0 Å². The fraction of sp³-hybridized carbons (Fsp3) is 1.00. The minimum absolute atomic E-state index is 0.0302. The van der Waals surface area contributed by atoms with E-state index in [2.05, 4.69) is 0 Å². The molecule has 0 radical (unpaired) electrons. The molecular formula is C6H15O3PS. The van der Waals surface area contributed by atoms with Gasteiger partial charge in [-0.15, -0.1) is 0 Å². The minimum atomic E-state index is -2.93. The Morgan fingerprint density at radius 1 is 1.55 bits per heavy atom. The fourth-order valence-corrected chi connectivity index (χ4v) is 2.24. The molecule has 11 heavy (non-hydrogen) atoms. The Labute approximate surface area is 73.0 Å². The van der Waals surface area contributed by atoms with Crippen molar-refractivity contribution in [1.82, 2.24) is 0 Å². The number of hydrogen-bond donors (Lipinski definition) is 1. The van der Waals surface area contributed by atoms with E-state index in [1.807, 2.05) is 13.8 Å². The van der Waals surface area contributed by atoms with E-state index in [0.29, 0.717) is 6.61 Å². The van der Waals surface area contributed by atoms with Gasteiger partial charge in [-0.2, -0.15) is 0 Å². The van der Waals surface area contributed by atoms with Gasteiger partial charge >= 0.3 is 6.72 Å². The highest BCUT2D eigenvalue weighted by Gasteiger charge is 2.16. The van der Waals surface area contributed by atoms with Crippen LogP contribution in [0.1, 0.15) is 27.2 Å². The molecular weight excluding hydrogens is 183 g/mol. The Morgan fingerprint density at radius 2 is 2.09 bits per heavy atom. The molecule has 1 N–H and O–H groups in total. The molecule has 2 atom stereocenters. The van der Waals surface area contributed by atoms with Crippen molar-refractivity contribution in [3.63, 3.8) is 0 Å². The van der Waals surface area contributed by atoms with Crippen LogP contribution in [-0.4, -0.2) is 17.6 Å². The first kappa shape index (κ1) is 11.5. The van der Waals surface area contributed by atoms with E-state index < -0.39 is 6.72 Å². The first-order chi connectivity index (χ1) is 5.02. The van der Waals surface area contributed by atoms with Gasteiger partial charge in [0.05, 0.1) is 12.7 Å². The lowest BCUT2D eigenvalue weighted by molar-refractivity contribution is 0.153. The van der Waals surface area contributed by atoms with Crippen LogP contribution in [0.25, 0.3) is 0 Å². The van der Waals surface area contributed by atoms with Crippen LogP contribution in [0.2, 0.25) is 0 Å². The maximum Gasteiger partial charge on any atom is 0.324 e. The molecule has 0 aliphatic rings. The van der Waals surface area contributed by atoms with Gasteiger partial charge in [0.25, 0.3) is 0 Å². The molecule has 0 aromatic carbocycles. The lowest BCUT2D eigenvalue weighted by Crippen LogP contribution is -2.05. The molecule has 0 amide bonds. The molecule has 68 valence electrons. The van der Waals surface area contributed by atoms with Crippen molar-refractivity contribution in [3.8, 4) is 0 Å². The molecule has 0 aromatic rings. The third kappa shape index (κ3) is 5.76. The monoisotopic (exact) mass is 198 g/mol. The second-order valence-electron chi connectivity index (χ2n) is 2.21. The predicted molar refractivity (Wildman–Crippen MR) is 49.0 cm³/mol. The maximum absolute atomic E-state index is 9.30. The van der Waals surface area contributed by atoms with Gasteiger partial charge in [0, 0.05) is 0 Å². The van der Waals surface area contributed by atoms with Gasteiger partial charge in [0.15, 0.2) is 0 Å². The van der Waals surface area contributed by atoms with Crippen molar-refractivity contribution in [1.29, 1.82) is 0 Å². The van der Waals surface area contributed by atoms with E-state index >= 15 is 0 Å². The van der Waals surface area contributed by atoms with E-state index in [9.17, 15) is 4.89 Å². The molecule has 0 rings (SSSR count). The van der Waals surface area contributed by atoms with Crippen molar-refractivity contribution >= 4 is 18.5 Å². The van der Waals surface area contributed by atoms with Crippen LogP contribution in [0, 0.1) is 0 Å². The number of rotatable bonds is 5. The zero-order valence-corrected chi connectivity index (χ0v) is 8.82. The van der Waals surface area contributed by atoms with Crippen molar-refractivity contribution in [2.45, 2.75) is 33.3 Å². The summed E-state index contributed by atoms with van der Waals surface area (Å²) < 4.78 is 9.95. The average molecular weight is 198 g/mol. The van der Waals surface area contributed by atoms with Gasteiger partial charge in [-0.1, -0.05) is 6.92 Å². The molecule has 0 fully saturated rings. The van der Waals surface area contributed by atoms with Crippen LogP contribution in [0.3, 0.4) is 0 Å². The Bertz CT molecular complexity index is 151. The summed E-state index contributed by atoms with van der Waals surface area (Å²) in [4.78, 5) is 9.30. The fourth-order valence-electron chi connectivity index (χ4n) is 0.496. The lowest BCUT2D eigenvalue weighted by Gasteiger charge is -2.18. The van der Waals surface area contributed by atoms with E-state index in [1.54, 1.807) is 6.92 Å². The summed E-state index contributed by atoms with van der Waals surface area (Å²) >= 11 is 4.71. The number of hydrogen-bond acceptors (Lipinski definition) is 3. The molecule has 2 unspecified atom stereocenters. The summed E-state index contributed by atoms with van der Waals surface area (Å²) in [5.41, 5.74) is 0. The third-order valence-corrected chi connectivity index (χ3v) is 2.97. The molecule has 0 bridgehead atoms. The third-order valence-electron chi connectivity index (χ3n) is 1.18. The molecule has 0 spiro atoms. The molecule has 5 heteroatoms. The Hall–Kier alpha value is 0.530. The maximum atomic E-state index is 9.30. The highest BCUT2D eigenvalue weighted by molar-refractivity contribution is 8.07. The summed E-state index contributed by atoms with van der Waals surface area (Å²) in [6.45, 7) is 3.06. The summed E-state index contributed by atoms with van der Waals surface area (Å²) in [5, 5.41) is 0. The van der Waals surface area contributed by atoms with Crippen LogP contribution in [-0.2, 0) is 20.9 Å². The summed E-state index contributed by atoms with van der Waals surface area (Å²) in [7, 11) is 0. The lowest BCUT2D eigenvalue weighted by atomic mass is 10.3. The van der Waals surface area contributed by atoms with Gasteiger partial charge in [0.2, 0.25) is 0 Å². The second kappa shape index (κ2) is 5.22. The van der Waals surface area contributed by atoms with Crippen molar-refractivity contribution in [3.05, 3.63) is 0 Å². The van der Waals surface area contributed by atoms with Gasteiger partial charge in [-0.3, -0.25) is 0 Å². The van der Waals surface area contributed by atoms with Crippen LogP contribution < -0.4 is 0 Å². The molecule has 0 saturated carbocycles. The molecule has 0 aromatic heterocycles. The van der Waals surface area contributed by atoms with Crippen LogP contribution in [0.5, 0.6) is 0 Å². The van der Waals surface area contributed by atoms with Crippen LogP contribution in [0.15, 0.2) is 0 Å². The molecule has 0 saturated heterocycles. The van der Waals surface area contributed by atoms with E-state index in [4.69, 9.17) is 20.9 Å². The van der Waals surface area contributed by atoms with E-state index in [0.717, 1.165) is 6.42 Å².